The fraction of sp³-hybridized carbons (Fsp3) is 0.818. The Morgan fingerprint density at radius 1 is 1.56 bits per heavy atom. The zero-order valence-electron chi connectivity index (χ0n) is 9.89. The minimum atomic E-state index is -0.203. The topological polar surface area (TPSA) is 62.4 Å². The van der Waals surface area contributed by atoms with E-state index in [-0.39, 0.29) is 12.0 Å². The van der Waals surface area contributed by atoms with Crippen molar-refractivity contribution in [3.63, 3.8) is 0 Å². The number of likely N-dealkylation sites (tertiary alicyclic amines) is 1. The van der Waals surface area contributed by atoms with Crippen molar-refractivity contribution in [2.75, 3.05) is 13.1 Å². The molecule has 1 atom stereocenters. The van der Waals surface area contributed by atoms with Crippen molar-refractivity contribution < 1.29 is 9.63 Å². The minimum Gasteiger partial charge on any atom is -0.392 e. The number of piperidine rings is 1. The largest absolute Gasteiger partial charge is 0.392 e. The molecule has 0 bridgehead atoms. The minimum absolute atomic E-state index is 0.203. The monoisotopic (exact) mass is 225 g/mol. The first-order valence-electron chi connectivity index (χ1n) is 5.88. The molecule has 0 saturated carbocycles. The van der Waals surface area contributed by atoms with Gasteiger partial charge in [0.2, 0.25) is 5.89 Å². The van der Waals surface area contributed by atoms with Gasteiger partial charge in [-0.3, -0.25) is 4.90 Å². The van der Waals surface area contributed by atoms with Gasteiger partial charge in [-0.15, -0.1) is 0 Å². The summed E-state index contributed by atoms with van der Waals surface area (Å²) < 4.78 is 5.14. The molecule has 0 amide bonds. The summed E-state index contributed by atoms with van der Waals surface area (Å²) in [6.07, 6.45) is 1.74. The highest BCUT2D eigenvalue weighted by atomic mass is 16.5. The lowest BCUT2D eigenvalue weighted by molar-refractivity contribution is 0.0651. The fourth-order valence-electron chi connectivity index (χ4n) is 1.94. The van der Waals surface area contributed by atoms with Gasteiger partial charge in [-0.25, -0.2) is 0 Å². The highest BCUT2D eigenvalue weighted by molar-refractivity contribution is 4.91. The van der Waals surface area contributed by atoms with Gasteiger partial charge in [0.25, 0.3) is 0 Å². The van der Waals surface area contributed by atoms with Gasteiger partial charge in [-0.05, 0) is 19.4 Å². The standard InChI is InChI=1S/C11H19N3O2/c1-8(2)11-12-10(13-16-11)7-14-5-3-4-9(15)6-14/h8-9,15H,3-7H2,1-2H3/t9-/m0/s1. The summed E-state index contributed by atoms with van der Waals surface area (Å²) in [6.45, 7) is 6.45. The first-order valence-corrected chi connectivity index (χ1v) is 5.88. The molecule has 0 unspecified atom stereocenters. The van der Waals surface area contributed by atoms with Crippen molar-refractivity contribution in [2.24, 2.45) is 0 Å². The molecule has 16 heavy (non-hydrogen) atoms. The number of aliphatic hydroxyl groups is 1. The number of rotatable bonds is 3. The van der Waals surface area contributed by atoms with Crippen LogP contribution in [0.4, 0.5) is 0 Å². The SMILES string of the molecule is CC(C)c1nc(CN2CCC[C@H](O)C2)no1. The lowest BCUT2D eigenvalue weighted by atomic mass is 10.1. The average molecular weight is 225 g/mol. The third-order valence-electron chi connectivity index (χ3n) is 2.82. The van der Waals surface area contributed by atoms with Crippen molar-refractivity contribution in [3.8, 4) is 0 Å². The van der Waals surface area contributed by atoms with E-state index in [9.17, 15) is 5.11 Å². The second-order valence-electron chi connectivity index (χ2n) is 4.73. The molecule has 0 aromatic carbocycles. The highest BCUT2D eigenvalue weighted by Crippen LogP contribution is 2.14. The summed E-state index contributed by atoms with van der Waals surface area (Å²) in [5, 5.41) is 13.5. The molecular formula is C11H19N3O2. The lowest BCUT2D eigenvalue weighted by Crippen LogP contribution is -2.37. The lowest BCUT2D eigenvalue weighted by Gasteiger charge is -2.28. The molecule has 5 nitrogen and oxygen atoms in total. The number of hydrogen-bond donors (Lipinski definition) is 1. The van der Waals surface area contributed by atoms with Gasteiger partial charge >= 0.3 is 0 Å². The first kappa shape index (κ1) is 11.5. The molecule has 1 aliphatic heterocycles. The maximum absolute atomic E-state index is 9.55. The Hall–Kier alpha value is -0.940. The third-order valence-corrected chi connectivity index (χ3v) is 2.82. The molecule has 5 heteroatoms. The summed E-state index contributed by atoms with van der Waals surface area (Å²) in [6, 6.07) is 0. The van der Waals surface area contributed by atoms with Gasteiger partial charge in [-0.2, -0.15) is 4.98 Å². The van der Waals surface area contributed by atoms with Gasteiger partial charge in [-0.1, -0.05) is 19.0 Å². The Balaban J connectivity index is 1.92. The molecule has 1 fully saturated rings. The molecule has 2 rings (SSSR count). The van der Waals surface area contributed by atoms with Crippen LogP contribution in [0.25, 0.3) is 0 Å². The van der Waals surface area contributed by atoms with Gasteiger partial charge in [0, 0.05) is 12.5 Å². The molecule has 1 aromatic rings. The van der Waals surface area contributed by atoms with E-state index in [2.05, 4.69) is 15.0 Å². The van der Waals surface area contributed by atoms with Crippen molar-refractivity contribution in [2.45, 2.75) is 45.3 Å². The van der Waals surface area contributed by atoms with Crippen LogP contribution in [0.15, 0.2) is 4.52 Å². The summed E-state index contributed by atoms with van der Waals surface area (Å²) in [4.78, 5) is 6.50. The number of nitrogens with zero attached hydrogens (tertiary/aromatic N) is 3. The smallest absolute Gasteiger partial charge is 0.229 e. The number of aliphatic hydroxyl groups excluding tert-OH is 1. The van der Waals surface area contributed by atoms with Gasteiger partial charge in [0.15, 0.2) is 5.82 Å². The van der Waals surface area contributed by atoms with Crippen molar-refractivity contribution >= 4 is 0 Å². The fourth-order valence-corrected chi connectivity index (χ4v) is 1.94. The summed E-state index contributed by atoms with van der Waals surface area (Å²) >= 11 is 0. The second-order valence-corrected chi connectivity index (χ2v) is 4.73. The summed E-state index contributed by atoms with van der Waals surface area (Å²) in [5.41, 5.74) is 0. The predicted molar refractivity (Wildman–Crippen MR) is 58.9 cm³/mol. The summed E-state index contributed by atoms with van der Waals surface area (Å²) in [7, 11) is 0. The molecule has 1 aromatic heterocycles. The molecule has 1 aliphatic rings. The van der Waals surface area contributed by atoms with Crippen LogP contribution in [-0.4, -0.2) is 39.3 Å². The predicted octanol–water partition coefficient (Wildman–Crippen LogP) is 1.15. The Morgan fingerprint density at radius 2 is 2.38 bits per heavy atom. The maximum Gasteiger partial charge on any atom is 0.229 e. The van der Waals surface area contributed by atoms with Crippen LogP contribution in [0.1, 0.15) is 44.3 Å². The molecule has 0 spiro atoms. The maximum atomic E-state index is 9.55. The van der Waals surface area contributed by atoms with E-state index < -0.39 is 0 Å². The highest BCUT2D eigenvalue weighted by Gasteiger charge is 2.19. The van der Waals surface area contributed by atoms with E-state index in [1.54, 1.807) is 0 Å². The van der Waals surface area contributed by atoms with Crippen LogP contribution in [0, 0.1) is 0 Å². The molecular weight excluding hydrogens is 206 g/mol. The van der Waals surface area contributed by atoms with E-state index in [0.717, 1.165) is 25.2 Å². The zero-order chi connectivity index (χ0) is 11.5. The first-order chi connectivity index (χ1) is 7.65. The van der Waals surface area contributed by atoms with Crippen LogP contribution in [0.3, 0.4) is 0 Å². The van der Waals surface area contributed by atoms with Crippen LogP contribution in [0.5, 0.6) is 0 Å². The molecule has 0 radical (unpaired) electrons. The van der Waals surface area contributed by atoms with Crippen molar-refractivity contribution in [1.82, 2.24) is 15.0 Å². The van der Waals surface area contributed by atoms with E-state index in [4.69, 9.17) is 4.52 Å². The third kappa shape index (κ3) is 2.80. The molecule has 0 aliphatic carbocycles. The molecule has 1 saturated heterocycles. The summed E-state index contributed by atoms with van der Waals surface area (Å²) in [5.74, 6) is 1.68. The van der Waals surface area contributed by atoms with Crippen LogP contribution in [0.2, 0.25) is 0 Å². The quantitative estimate of drug-likeness (QED) is 0.836. The van der Waals surface area contributed by atoms with Crippen LogP contribution in [-0.2, 0) is 6.54 Å². The Labute approximate surface area is 95.4 Å². The normalized spacial score (nSPS) is 22.9. The van der Waals surface area contributed by atoms with E-state index in [1.807, 2.05) is 13.8 Å². The van der Waals surface area contributed by atoms with Gasteiger partial charge in [0.1, 0.15) is 0 Å². The van der Waals surface area contributed by atoms with Crippen LogP contribution >= 0.6 is 0 Å². The Morgan fingerprint density at radius 3 is 3.00 bits per heavy atom. The van der Waals surface area contributed by atoms with Gasteiger partial charge < -0.3 is 9.63 Å². The van der Waals surface area contributed by atoms with Crippen LogP contribution < -0.4 is 0 Å². The van der Waals surface area contributed by atoms with E-state index in [1.165, 1.54) is 0 Å². The van der Waals surface area contributed by atoms with Crippen molar-refractivity contribution in [1.29, 1.82) is 0 Å². The second kappa shape index (κ2) is 4.93. The Bertz CT molecular complexity index is 338. The van der Waals surface area contributed by atoms with E-state index >= 15 is 0 Å². The number of aromatic nitrogens is 2. The molecule has 1 N–H and O–H groups in total. The van der Waals surface area contributed by atoms with E-state index in [0.29, 0.717) is 19.0 Å². The zero-order valence-corrected chi connectivity index (χ0v) is 9.89. The number of β-amino-alcohol motifs (C(OH)–C–C–N with tert-alkyl or cyclic N) is 1. The van der Waals surface area contributed by atoms with Gasteiger partial charge in [0.05, 0.1) is 12.6 Å². The molecule has 90 valence electrons. The van der Waals surface area contributed by atoms with Crippen molar-refractivity contribution in [3.05, 3.63) is 11.7 Å². The molecule has 2 heterocycles. The number of hydrogen-bond acceptors (Lipinski definition) is 5. The Kier molecular flexibility index (Phi) is 3.56. The average Bonchev–Trinajstić information content (AvgIpc) is 2.66.